The summed E-state index contributed by atoms with van der Waals surface area (Å²) in [5, 5.41) is 12.4. The van der Waals surface area contributed by atoms with Gasteiger partial charge in [-0.25, -0.2) is 4.39 Å². The van der Waals surface area contributed by atoms with Crippen LogP contribution in [0.1, 0.15) is 29.4 Å². The van der Waals surface area contributed by atoms with Crippen molar-refractivity contribution < 1.29 is 14.3 Å². The third-order valence-corrected chi connectivity index (χ3v) is 3.09. The Labute approximate surface area is 110 Å². The molecule has 4 nitrogen and oxygen atoms in total. The molecule has 0 aliphatic rings. The zero-order valence-electron chi connectivity index (χ0n) is 11.0. The largest absolute Gasteiger partial charge is 0.396 e. The van der Waals surface area contributed by atoms with Gasteiger partial charge in [-0.15, -0.1) is 0 Å². The Bertz CT molecular complexity index is 607. The summed E-state index contributed by atoms with van der Waals surface area (Å²) in [5.41, 5.74) is 1.79. The van der Waals surface area contributed by atoms with Crippen molar-refractivity contribution in [2.45, 2.75) is 26.3 Å². The number of carbonyl (C=O) groups is 1. The average molecular weight is 264 g/mol. The van der Waals surface area contributed by atoms with E-state index in [9.17, 15) is 9.18 Å². The van der Waals surface area contributed by atoms with Crippen molar-refractivity contribution in [2.75, 3.05) is 6.61 Å². The molecule has 1 heterocycles. The lowest BCUT2D eigenvalue weighted by Gasteiger charge is -2.11. The lowest BCUT2D eigenvalue weighted by atomic mass is 10.1. The van der Waals surface area contributed by atoms with E-state index in [-0.39, 0.29) is 24.4 Å². The quantitative estimate of drug-likeness (QED) is 0.792. The Morgan fingerprint density at radius 2 is 2.21 bits per heavy atom. The van der Waals surface area contributed by atoms with E-state index in [0.717, 1.165) is 10.9 Å². The van der Waals surface area contributed by atoms with Gasteiger partial charge < -0.3 is 15.4 Å². The van der Waals surface area contributed by atoms with Crippen LogP contribution in [0.2, 0.25) is 0 Å². The van der Waals surface area contributed by atoms with Gasteiger partial charge in [-0.2, -0.15) is 0 Å². The van der Waals surface area contributed by atoms with Gasteiger partial charge in [0, 0.05) is 23.6 Å². The van der Waals surface area contributed by atoms with Crippen molar-refractivity contribution in [2.24, 2.45) is 0 Å². The minimum atomic E-state index is -0.326. The molecule has 0 saturated heterocycles. The van der Waals surface area contributed by atoms with Crippen LogP contribution in [0.15, 0.2) is 18.2 Å². The summed E-state index contributed by atoms with van der Waals surface area (Å²) in [6.07, 6.45) is 0.500. The van der Waals surface area contributed by atoms with Crippen LogP contribution in [-0.4, -0.2) is 28.6 Å². The molecule has 2 rings (SSSR count). The molecule has 102 valence electrons. The van der Waals surface area contributed by atoms with Gasteiger partial charge >= 0.3 is 0 Å². The van der Waals surface area contributed by atoms with E-state index in [2.05, 4.69) is 10.3 Å². The molecule has 0 radical (unpaired) electrons. The molecule has 1 aromatic carbocycles. The van der Waals surface area contributed by atoms with E-state index in [0.29, 0.717) is 17.6 Å². The maximum absolute atomic E-state index is 13.3. The second kappa shape index (κ2) is 5.40. The van der Waals surface area contributed by atoms with Gasteiger partial charge in [-0.1, -0.05) is 0 Å². The summed E-state index contributed by atoms with van der Waals surface area (Å²) < 4.78 is 13.3. The number of hydrogen-bond acceptors (Lipinski definition) is 2. The number of H-pyrrole nitrogens is 1. The summed E-state index contributed by atoms with van der Waals surface area (Å²) in [6, 6.07) is 4.41. The first-order valence-corrected chi connectivity index (χ1v) is 6.22. The van der Waals surface area contributed by atoms with Crippen molar-refractivity contribution in [3.05, 3.63) is 35.3 Å². The average Bonchev–Trinajstić information content (AvgIpc) is 2.73. The normalized spacial score (nSPS) is 12.6. The first kappa shape index (κ1) is 13.5. The summed E-state index contributed by atoms with van der Waals surface area (Å²) in [7, 11) is 0. The minimum absolute atomic E-state index is 0.0263. The van der Waals surface area contributed by atoms with Crippen LogP contribution < -0.4 is 5.32 Å². The fourth-order valence-corrected chi connectivity index (χ4v) is 2.06. The Morgan fingerprint density at radius 3 is 2.89 bits per heavy atom. The summed E-state index contributed by atoms with van der Waals surface area (Å²) in [5.74, 6) is -0.579. The van der Waals surface area contributed by atoms with Crippen molar-refractivity contribution in [1.29, 1.82) is 0 Å². The molecule has 0 bridgehead atoms. The monoisotopic (exact) mass is 264 g/mol. The van der Waals surface area contributed by atoms with Crippen molar-refractivity contribution >= 4 is 16.8 Å². The number of carbonyl (C=O) groups excluding carboxylic acids is 1. The highest BCUT2D eigenvalue weighted by Crippen LogP contribution is 2.21. The lowest BCUT2D eigenvalue weighted by Crippen LogP contribution is -2.33. The van der Waals surface area contributed by atoms with Gasteiger partial charge in [0.05, 0.1) is 0 Å². The standard InChI is InChI=1S/C14H17FN2O2/c1-8-5-10(15)6-12-11(8)7-13(17-12)14(19)16-9(2)3-4-18/h5-7,9,17-18H,3-4H2,1-2H3,(H,16,19). The number of halogens is 1. The van der Waals surface area contributed by atoms with Gasteiger partial charge in [0.15, 0.2) is 0 Å². The molecule has 2 aromatic rings. The molecule has 1 amide bonds. The summed E-state index contributed by atoms with van der Waals surface area (Å²) in [4.78, 5) is 14.9. The number of benzene rings is 1. The van der Waals surface area contributed by atoms with Gasteiger partial charge in [0.1, 0.15) is 11.5 Å². The Morgan fingerprint density at radius 1 is 1.47 bits per heavy atom. The van der Waals surface area contributed by atoms with Gasteiger partial charge in [0.2, 0.25) is 0 Å². The topological polar surface area (TPSA) is 65.1 Å². The molecule has 3 N–H and O–H groups in total. The molecular weight excluding hydrogens is 247 g/mol. The zero-order valence-corrected chi connectivity index (χ0v) is 11.0. The second-order valence-corrected chi connectivity index (χ2v) is 4.75. The zero-order chi connectivity index (χ0) is 14.0. The lowest BCUT2D eigenvalue weighted by molar-refractivity contribution is 0.0930. The molecule has 0 aliphatic carbocycles. The van der Waals surface area contributed by atoms with Crippen LogP contribution >= 0.6 is 0 Å². The number of hydrogen-bond donors (Lipinski definition) is 3. The van der Waals surface area contributed by atoms with Crippen molar-refractivity contribution in [3.8, 4) is 0 Å². The van der Waals surface area contributed by atoms with Crippen molar-refractivity contribution in [3.63, 3.8) is 0 Å². The number of rotatable bonds is 4. The molecule has 1 unspecified atom stereocenters. The maximum Gasteiger partial charge on any atom is 0.267 e. The molecule has 5 heteroatoms. The van der Waals surface area contributed by atoms with Crippen LogP contribution in [-0.2, 0) is 0 Å². The SMILES string of the molecule is Cc1cc(F)cc2[nH]c(C(=O)NC(C)CCO)cc12. The Kier molecular flexibility index (Phi) is 3.85. The molecule has 0 saturated carbocycles. The van der Waals surface area contributed by atoms with Crippen LogP contribution in [0, 0.1) is 12.7 Å². The predicted molar refractivity (Wildman–Crippen MR) is 71.6 cm³/mol. The van der Waals surface area contributed by atoms with E-state index in [1.807, 2.05) is 6.92 Å². The van der Waals surface area contributed by atoms with E-state index >= 15 is 0 Å². The van der Waals surface area contributed by atoms with Crippen molar-refractivity contribution in [1.82, 2.24) is 10.3 Å². The first-order chi connectivity index (χ1) is 9.01. The molecule has 19 heavy (non-hydrogen) atoms. The number of nitrogens with one attached hydrogen (secondary N) is 2. The fraction of sp³-hybridized carbons (Fsp3) is 0.357. The van der Waals surface area contributed by atoms with E-state index < -0.39 is 0 Å². The fourth-order valence-electron chi connectivity index (χ4n) is 2.06. The van der Waals surface area contributed by atoms with Crippen LogP contribution in [0.4, 0.5) is 4.39 Å². The number of aryl methyl sites for hydroxylation is 1. The molecule has 1 atom stereocenters. The molecule has 0 aliphatic heterocycles. The summed E-state index contributed by atoms with van der Waals surface area (Å²) >= 11 is 0. The van der Waals surface area contributed by atoms with Gasteiger partial charge in [0.25, 0.3) is 5.91 Å². The molecular formula is C14H17FN2O2. The number of aromatic amines is 1. The third kappa shape index (κ3) is 2.93. The van der Waals surface area contributed by atoms with E-state index in [1.54, 1.807) is 13.0 Å². The highest BCUT2D eigenvalue weighted by molar-refractivity contribution is 5.98. The number of aliphatic hydroxyl groups is 1. The second-order valence-electron chi connectivity index (χ2n) is 4.75. The highest BCUT2D eigenvalue weighted by atomic mass is 19.1. The highest BCUT2D eigenvalue weighted by Gasteiger charge is 2.13. The molecule has 0 spiro atoms. The Balaban J connectivity index is 2.26. The van der Waals surface area contributed by atoms with Crippen LogP contribution in [0.3, 0.4) is 0 Å². The van der Waals surface area contributed by atoms with E-state index in [1.165, 1.54) is 12.1 Å². The maximum atomic E-state index is 13.3. The third-order valence-electron chi connectivity index (χ3n) is 3.09. The number of aliphatic hydroxyl groups excluding tert-OH is 1. The summed E-state index contributed by atoms with van der Waals surface area (Å²) in [6.45, 7) is 3.65. The Hall–Kier alpha value is -1.88. The van der Waals surface area contributed by atoms with Crippen LogP contribution in [0.5, 0.6) is 0 Å². The molecule has 1 aromatic heterocycles. The molecule has 0 fully saturated rings. The smallest absolute Gasteiger partial charge is 0.267 e. The first-order valence-electron chi connectivity index (χ1n) is 6.22. The number of amides is 1. The number of aromatic nitrogens is 1. The number of fused-ring (bicyclic) bond motifs is 1. The predicted octanol–water partition coefficient (Wildman–Crippen LogP) is 2.12. The minimum Gasteiger partial charge on any atom is -0.396 e. The van der Waals surface area contributed by atoms with Crippen LogP contribution in [0.25, 0.3) is 10.9 Å². The van der Waals surface area contributed by atoms with E-state index in [4.69, 9.17) is 5.11 Å². The van der Waals surface area contributed by atoms with Gasteiger partial charge in [-0.3, -0.25) is 4.79 Å². The van der Waals surface area contributed by atoms with Gasteiger partial charge in [-0.05, 0) is 44.0 Å².